The zero-order chi connectivity index (χ0) is 13.0. The van der Waals surface area contributed by atoms with E-state index in [2.05, 4.69) is 33.2 Å². The third-order valence-electron chi connectivity index (χ3n) is 2.21. The molecular weight excluding hydrogens is 329 g/mol. The van der Waals surface area contributed by atoms with Gasteiger partial charge >= 0.3 is 0 Å². The van der Waals surface area contributed by atoms with Crippen LogP contribution in [-0.4, -0.2) is 18.0 Å². The van der Waals surface area contributed by atoms with E-state index in [9.17, 15) is 4.79 Å². The Morgan fingerprint density at radius 2 is 2.00 bits per heavy atom. The van der Waals surface area contributed by atoms with Crippen molar-refractivity contribution in [3.05, 3.63) is 21.8 Å². The van der Waals surface area contributed by atoms with Crippen LogP contribution in [0.1, 0.15) is 20.8 Å². The average Bonchev–Trinajstić information content (AvgIpc) is 2.21. The second-order valence-electron chi connectivity index (χ2n) is 4.26. The van der Waals surface area contributed by atoms with Gasteiger partial charge < -0.3 is 16.4 Å². The number of nitrogens with two attached hydrogens (primary N) is 1. The summed E-state index contributed by atoms with van der Waals surface area (Å²) in [4.78, 5) is 11.7. The van der Waals surface area contributed by atoms with Crippen molar-refractivity contribution in [1.29, 1.82) is 0 Å². The summed E-state index contributed by atoms with van der Waals surface area (Å²) >= 11 is 2.20. The molecule has 1 aromatic carbocycles. The number of rotatable bonds is 4. The minimum Gasteiger partial charge on any atom is -0.397 e. The summed E-state index contributed by atoms with van der Waals surface area (Å²) in [6.07, 6.45) is 0. The first-order valence-corrected chi connectivity index (χ1v) is 6.60. The molecule has 0 radical (unpaired) electrons. The van der Waals surface area contributed by atoms with Crippen molar-refractivity contribution in [3.8, 4) is 0 Å². The molecule has 1 unspecified atom stereocenters. The highest BCUT2D eigenvalue weighted by Crippen LogP contribution is 2.21. The third-order valence-corrected chi connectivity index (χ3v) is 2.88. The molecule has 1 aromatic rings. The van der Waals surface area contributed by atoms with Gasteiger partial charge in [-0.25, -0.2) is 0 Å². The number of nitrogens with one attached hydrogen (secondary N) is 2. The number of amides is 1. The van der Waals surface area contributed by atoms with Crippen LogP contribution in [0.5, 0.6) is 0 Å². The lowest BCUT2D eigenvalue weighted by Gasteiger charge is -2.18. The number of carbonyl (C=O) groups excluding carboxylic acids is 1. The van der Waals surface area contributed by atoms with Crippen molar-refractivity contribution in [2.45, 2.75) is 32.9 Å². The van der Waals surface area contributed by atoms with E-state index < -0.39 is 0 Å². The summed E-state index contributed by atoms with van der Waals surface area (Å²) in [5.74, 6) is -0.0297. The number of benzene rings is 1. The van der Waals surface area contributed by atoms with Crippen LogP contribution >= 0.6 is 22.6 Å². The highest BCUT2D eigenvalue weighted by atomic mass is 127. The molecule has 1 atom stereocenters. The number of nitrogen functional groups attached to an aromatic ring is 1. The van der Waals surface area contributed by atoms with E-state index in [0.29, 0.717) is 5.69 Å². The normalized spacial score (nSPS) is 12.3. The summed E-state index contributed by atoms with van der Waals surface area (Å²) < 4.78 is 1.07. The Morgan fingerprint density at radius 3 is 2.53 bits per heavy atom. The molecule has 0 aliphatic carbocycles. The monoisotopic (exact) mass is 347 g/mol. The Hall–Kier alpha value is -0.980. The number of anilines is 2. The Kier molecular flexibility index (Phi) is 5.04. The van der Waals surface area contributed by atoms with Gasteiger partial charge in [-0.15, -0.1) is 0 Å². The SMILES string of the molecule is CC(C)NC(=O)C(C)Nc1ccc(I)cc1N. The second kappa shape index (κ2) is 6.09. The largest absolute Gasteiger partial charge is 0.397 e. The minimum absolute atomic E-state index is 0.0297. The zero-order valence-electron chi connectivity index (χ0n) is 10.3. The van der Waals surface area contributed by atoms with E-state index in [1.54, 1.807) is 0 Å². The van der Waals surface area contributed by atoms with Gasteiger partial charge in [0.1, 0.15) is 6.04 Å². The third kappa shape index (κ3) is 4.41. The molecule has 0 heterocycles. The molecule has 0 fully saturated rings. The van der Waals surface area contributed by atoms with E-state index >= 15 is 0 Å². The van der Waals surface area contributed by atoms with Gasteiger partial charge in [0.05, 0.1) is 11.4 Å². The molecule has 4 nitrogen and oxygen atoms in total. The molecule has 0 aliphatic heterocycles. The van der Waals surface area contributed by atoms with Crippen LogP contribution < -0.4 is 16.4 Å². The summed E-state index contributed by atoms with van der Waals surface area (Å²) in [5, 5.41) is 5.95. The molecule has 0 bridgehead atoms. The standard InChI is InChI=1S/C12H18IN3O/c1-7(2)15-12(17)8(3)16-11-5-4-9(13)6-10(11)14/h4-8,16H,14H2,1-3H3,(H,15,17). The highest BCUT2D eigenvalue weighted by Gasteiger charge is 2.14. The molecule has 17 heavy (non-hydrogen) atoms. The van der Waals surface area contributed by atoms with E-state index in [-0.39, 0.29) is 18.0 Å². The lowest BCUT2D eigenvalue weighted by Crippen LogP contribution is -2.41. The fourth-order valence-electron chi connectivity index (χ4n) is 1.37. The molecule has 94 valence electrons. The molecule has 5 heteroatoms. The molecule has 0 saturated carbocycles. The molecule has 1 amide bonds. The van der Waals surface area contributed by atoms with Crippen molar-refractivity contribution in [3.63, 3.8) is 0 Å². The Balaban J connectivity index is 2.67. The molecule has 0 spiro atoms. The van der Waals surface area contributed by atoms with Gasteiger partial charge in [-0.2, -0.15) is 0 Å². The first-order chi connectivity index (χ1) is 7.90. The zero-order valence-corrected chi connectivity index (χ0v) is 12.4. The van der Waals surface area contributed by atoms with E-state index in [1.165, 1.54) is 0 Å². The van der Waals surface area contributed by atoms with Crippen LogP contribution in [0, 0.1) is 3.57 Å². The summed E-state index contributed by atoms with van der Waals surface area (Å²) in [5.41, 5.74) is 7.31. The first-order valence-electron chi connectivity index (χ1n) is 5.52. The van der Waals surface area contributed by atoms with Crippen molar-refractivity contribution in [1.82, 2.24) is 5.32 Å². The molecule has 1 rings (SSSR count). The van der Waals surface area contributed by atoms with Gasteiger partial charge in [0.2, 0.25) is 5.91 Å². The van der Waals surface area contributed by atoms with Crippen molar-refractivity contribution >= 4 is 39.9 Å². The maximum atomic E-state index is 11.7. The fraction of sp³-hybridized carbons (Fsp3) is 0.417. The number of halogens is 1. The maximum absolute atomic E-state index is 11.7. The van der Waals surface area contributed by atoms with Gasteiger partial charge in [-0.1, -0.05) is 0 Å². The smallest absolute Gasteiger partial charge is 0.242 e. The van der Waals surface area contributed by atoms with Gasteiger partial charge in [0, 0.05) is 9.61 Å². The van der Waals surface area contributed by atoms with E-state index in [0.717, 1.165) is 9.26 Å². The second-order valence-corrected chi connectivity index (χ2v) is 5.51. The van der Waals surface area contributed by atoms with Crippen molar-refractivity contribution in [2.24, 2.45) is 0 Å². The van der Waals surface area contributed by atoms with E-state index in [4.69, 9.17) is 5.73 Å². The van der Waals surface area contributed by atoms with Crippen LogP contribution in [0.2, 0.25) is 0 Å². The van der Waals surface area contributed by atoms with Crippen LogP contribution in [0.4, 0.5) is 11.4 Å². The van der Waals surface area contributed by atoms with E-state index in [1.807, 2.05) is 39.0 Å². The average molecular weight is 347 g/mol. The van der Waals surface area contributed by atoms with Crippen LogP contribution in [0.15, 0.2) is 18.2 Å². The summed E-state index contributed by atoms with van der Waals surface area (Å²) in [6, 6.07) is 5.54. The van der Waals surface area contributed by atoms with Crippen molar-refractivity contribution < 1.29 is 4.79 Å². The summed E-state index contributed by atoms with van der Waals surface area (Å²) in [6.45, 7) is 5.68. The molecule has 0 saturated heterocycles. The van der Waals surface area contributed by atoms with Gasteiger partial charge in [-0.3, -0.25) is 4.79 Å². The predicted octanol–water partition coefficient (Wildman–Crippen LogP) is 2.20. The lowest BCUT2D eigenvalue weighted by molar-refractivity contribution is -0.122. The van der Waals surface area contributed by atoms with Crippen molar-refractivity contribution in [2.75, 3.05) is 11.1 Å². The fourth-order valence-corrected chi connectivity index (χ4v) is 1.89. The minimum atomic E-state index is -0.306. The molecule has 0 aliphatic rings. The lowest BCUT2D eigenvalue weighted by atomic mass is 10.2. The first kappa shape index (κ1) is 14.1. The van der Waals surface area contributed by atoms with Crippen LogP contribution in [0.25, 0.3) is 0 Å². The van der Waals surface area contributed by atoms with Crippen LogP contribution in [0.3, 0.4) is 0 Å². The Bertz CT molecular complexity index is 407. The predicted molar refractivity (Wildman–Crippen MR) is 79.9 cm³/mol. The number of hydrogen-bond donors (Lipinski definition) is 3. The number of hydrogen-bond acceptors (Lipinski definition) is 3. The highest BCUT2D eigenvalue weighted by molar-refractivity contribution is 14.1. The van der Waals surface area contributed by atoms with Crippen LogP contribution in [-0.2, 0) is 4.79 Å². The van der Waals surface area contributed by atoms with Gasteiger partial charge in [0.25, 0.3) is 0 Å². The summed E-state index contributed by atoms with van der Waals surface area (Å²) in [7, 11) is 0. The molecular formula is C12H18IN3O. The maximum Gasteiger partial charge on any atom is 0.242 e. The molecule has 4 N–H and O–H groups in total. The van der Waals surface area contributed by atoms with Gasteiger partial charge in [-0.05, 0) is 61.6 Å². The topological polar surface area (TPSA) is 67.2 Å². The molecule has 0 aromatic heterocycles. The van der Waals surface area contributed by atoms with Gasteiger partial charge in [0.15, 0.2) is 0 Å². The Labute approximate surface area is 115 Å². The number of carbonyl (C=O) groups is 1. The Morgan fingerprint density at radius 1 is 1.35 bits per heavy atom. The quantitative estimate of drug-likeness (QED) is 0.578.